The maximum Gasteiger partial charge on any atom is 0.225 e. The molecule has 1 amide bonds. The number of benzene rings is 1. The Morgan fingerprint density at radius 2 is 1.86 bits per heavy atom. The highest BCUT2D eigenvalue weighted by atomic mass is 16.5. The standard InChI is InChI=1S/C29H40N6O2/c1-3-5-10-22(4-2)29(36)34-16-9-15-33(17-18-34)27-25-21-30-35(24-11-7-6-8-12-24)28(25)32-26(31-27)23-13-19-37-20-14-23/h6-8,11-12,21-23H,3-5,9-10,13-20H2,1-2H3. The molecule has 198 valence electrons. The molecule has 8 nitrogen and oxygen atoms in total. The molecule has 0 aliphatic carbocycles. The highest BCUT2D eigenvalue weighted by Gasteiger charge is 2.28. The van der Waals surface area contributed by atoms with Crippen LogP contribution in [0, 0.1) is 5.92 Å². The van der Waals surface area contributed by atoms with Crippen LogP contribution in [-0.2, 0) is 9.53 Å². The van der Waals surface area contributed by atoms with Crippen LogP contribution in [0.4, 0.5) is 5.82 Å². The normalized spacial score (nSPS) is 18.2. The summed E-state index contributed by atoms with van der Waals surface area (Å²) in [7, 11) is 0. The van der Waals surface area contributed by atoms with Crippen LogP contribution in [0.25, 0.3) is 16.7 Å². The first-order valence-electron chi connectivity index (χ1n) is 14.1. The van der Waals surface area contributed by atoms with E-state index in [0.717, 1.165) is 113 Å². The average Bonchev–Trinajstić information content (AvgIpc) is 3.23. The Balaban J connectivity index is 1.45. The van der Waals surface area contributed by atoms with Crippen molar-refractivity contribution < 1.29 is 9.53 Å². The number of hydrogen-bond acceptors (Lipinski definition) is 6. The lowest BCUT2D eigenvalue weighted by molar-refractivity contribution is -0.135. The summed E-state index contributed by atoms with van der Waals surface area (Å²) < 4.78 is 7.54. The van der Waals surface area contributed by atoms with E-state index in [1.807, 2.05) is 29.1 Å². The number of amides is 1. The van der Waals surface area contributed by atoms with Crippen LogP contribution in [0.15, 0.2) is 36.5 Å². The molecule has 0 saturated carbocycles. The van der Waals surface area contributed by atoms with Crippen LogP contribution >= 0.6 is 0 Å². The number of ether oxygens (including phenoxy) is 1. The van der Waals surface area contributed by atoms with Gasteiger partial charge < -0.3 is 14.5 Å². The van der Waals surface area contributed by atoms with Gasteiger partial charge in [-0.05, 0) is 44.2 Å². The Bertz CT molecular complexity index is 1170. The van der Waals surface area contributed by atoms with E-state index in [1.54, 1.807) is 0 Å². The van der Waals surface area contributed by atoms with Crippen molar-refractivity contribution in [2.24, 2.45) is 5.92 Å². The number of fused-ring (bicyclic) bond motifs is 1. The third-order valence-electron chi connectivity index (χ3n) is 7.87. The first-order valence-corrected chi connectivity index (χ1v) is 14.1. The van der Waals surface area contributed by atoms with Gasteiger partial charge in [-0.25, -0.2) is 14.6 Å². The zero-order valence-electron chi connectivity index (χ0n) is 22.3. The Labute approximate surface area is 220 Å². The number of nitrogens with zero attached hydrogens (tertiary/aromatic N) is 6. The fraction of sp³-hybridized carbons (Fsp3) is 0.586. The van der Waals surface area contributed by atoms with Crippen LogP contribution in [0.2, 0.25) is 0 Å². The molecule has 8 heteroatoms. The number of carbonyl (C=O) groups excluding carboxylic acids is 1. The van der Waals surface area contributed by atoms with E-state index < -0.39 is 0 Å². The van der Waals surface area contributed by atoms with Crippen molar-refractivity contribution in [3.05, 3.63) is 42.4 Å². The van der Waals surface area contributed by atoms with E-state index >= 15 is 0 Å². The molecule has 2 aromatic heterocycles. The second-order valence-corrected chi connectivity index (χ2v) is 10.3. The second-order valence-electron chi connectivity index (χ2n) is 10.3. The Hall–Kier alpha value is -3.00. The number of unbranched alkanes of at least 4 members (excludes halogenated alkanes) is 1. The molecule has 2 aliphatic rings. The second kappa shape index (κ2) is 12.0. The molecule has 2 saturated heterocycles. The third-order valence-corrected chi connectivity index (χ3v) is 7.87. The monoisotopic (exact) mass is 504 g/mol. The van der Waals surface area contributed by atoms with Gasteiger partial charge in [0.05, 0.1) is 17.3 Å². The van der Waals surface area contributed by atoms with Gasteiger partial charge in [0.25, 0.3) is 0 Å². The van der Waals surface area contributed by atoms with Gasteiger partial charge in [0.15, 0.2) is 5.65 Å². The number of rotatable bonds is 8. The first kappa shape index (κ1) is 25.6. The molecule has 1 aromatic carbocycles. The van der Waals surface area contributed by atoms with Crippen LogP contribution in [-0.4, -0.2) is 69.9 Å². The van der Waals surface area contributed by atoms with Crippen LogP contribution < -0.4 is 4.90 Å². The van der Waals surface area contributed by atoms with E-state index in [2.05, 4.69) is 35.8 Å². The summed E-state index contributed by atoms with van der Waals surface area (Å²) in [6.45, 7) is 9.00. The molecule has 3 aromatic rings. The summed E-state index contributed by atoms with van der Waals surface area (Å²) in [6, 6.07) is 10.2. The van der Waals surface area contributed by atoms with Crippen molar-refractivity contribution in [2.75, 3.05) is 44.3 Å². The molecule has 0 bridgehead atoms. The Morgan fingerprint density at radius 1 is 1.05 bits per heavy atom. The first-order chi connectivity index (χ1) is 18.2. The highest BCUT2D eigenvalue weighted by molar-refractivity contribution is 5.88. The molecular weight excluding hydrogens is 464 g/mol. The number of hydrogen-bond donors (Lipinski definition) is 0. The van der Waals surface area contributed by atoms with Crippen molar-refractivity contribution >= 4 is 22.8 Å². The molecule has 37 heavy (non-hydrogen) atoms. The van der Waals surface area contributed by atoms with E-state index in [4.69, 9.17) is 19.8 Å². The van der Waals surface area contributed by atoms with Gasteiger partial charge in [-0.15, -0.1) is 0 Å². The largest absolute Gasteiger partial charge is 0.381 e. The molecule has 1 atom stereocenters. The summed E-state index contributed by atoms with van der Waals surface area (Å²) >= 11 is 0. The summed E-state index contributed by atoms with van der Waals surface area (Å²) in [4.78, 5) is 28.0. The zero-order chi connectivity index (χ0) is 25.6. The molecule has 2 aliphatic heterocycles. The predicted octanol–water partition coefficient (Wildman–Crippen LogP) is 4.96. The van der Waals surface area contributed by atoms with Gasteiger partial charge in [0.1, 0.15) is 11.6 Å². The highest BCUT2D eigenvalue weighted by Crippen LogP contribution is 2.32. The topological polar surface area (TPSA) is 76.4 Å². The van der Waals surface area contributed by atoms with Gasteiger partial charge in [-0.2, -0.15) is 5.10 Å². The van der Waals surface area contributed by atoms with Gasteiger partial charge in [0, 0.05) is 51.2 Å². The van der Waals surface area contributed by atoms with Crippen molar-refractivity contribution in [3.8, 4) is 5.69 Å². The number of carbonyl (C=O) groups is 1. The SMILES string of the molecule is CCCCC(CC)C(=O)N1CCCN(c2nc(C3CCOCC3)nc3c2cnn3-c2ccccc2)CC1. The molecule has 0 spiro atoms. The summed E-state index contributed by atoms with van der Waals surface area (Å²) in [5, 5.41) is 5.70. The van der Waals surface area contributed by atoms with Gasteiger partial charge in [-0.3, -0.25) is 4.79 Å². The minimum Gasteiger partial charge on any atom is -0.381 e. The summed E-state index contributed by atoms with van der Waals surface area (Å²) in [5.74, 6) is 2.57. The van der Waals surface area contributed by atoms with Crippen molar-refractivity contribution in [3.63, 3.8) is 0 Å². The summed E-state index contributed by atoms with van der Waals surface area (Å²) in [5.41, 5.74) is 1.84. The van der Waals surface area contributed by atoms with E-state index in [0.29, 0.717) is 5.91 Å². The number of para-hydroxylation sites is 1. The predicted molar refractivity (Wildman–Crippen MR) is 146 cm³/mol. The van der Waals surface area contributed by atoms with Crippen molar-refractivity contribution in [2.45, 2.75) is 64.7 Å². The van der Waals surface area contributed by atoms with Gasteiger partial charge >= 0.3 is 0 Å². The lowest BCUT2D eigenvalue weighted by Crippen LogP contribution is -2.39. The van der Waals surface area contributed by atoms with E-state index in [9.17, 15) is 4.79 Å². The Morgan fingerprint density at radius 3 is 2.62 bits per heavy atom. The average molecular weight is 505 g/mol. The van der Waals surface area contributed by atoms with Gasteiger partial charge in [0.2, 0.25) is 5.91 Å². The number of aromatic nitrogens is 4. The minimum absolute atomic E-state index is 0.140. The van der Waals surface area contributed by atoms with Crippen molar-refractivity contribution in [1.29, 1.82) is 0 Å². The maximum atomic E-state index is 13.3. The van der Waals surface area contributed by atoms with Crippen LogP contribution in [0.5, 0.6) is 0 Å². The molecule has 2 fully saturated rings. The third kappa shape index (κ3) is 5.64. The van der Waals surface area contributed by atoms with E-state index in [1.165, 1.54) is 0 Å². The number of anilines is 1. The Kier molecular flexibility index (Phi) is 8.34. The fourth-order valence-corrected chi connectivity index (χ4v) is 5.61. The molecule has 4 heterocycles. The smallest absolute Gasteiger partial charge is 0.225 e. The maximum absolute atomic E-state index is 13.3. The van der Waals surface area contributed by atoms with Gasteiger partial charge in [-0.1, -0.05) is 44.9 Å². The van der Waals surface area contributed by atoms with E-state index in [-0.39, 0.29) is 11.8 Å². The zero-order valence-corrected chi connectivity index (χ0v) is 22.3. The quantitative estimate of drug-likeness (QED) is 0.431. The van der Waals surface area contributed by atoms with Crippen LogP contribution in [0.1, 0.15) is 70.5 Å². The van der Waals surface area contributed by atoms with Crippen LogP contribution in [0.3, 0.4) is 0 Å². The lowest BCUT2D eigenvalue weighted by atomic mass is 9.97. The summed E-state index contributed by atoms with van der Waals surface area (Å²) in [6.07, 6.45) is 8.85. The molecular formula is C29H40N6O2. The van der Waals surface area contributed by atoms with Crippen molar-refractivity contribution in [1.82, 2.24) is 24.6 Å². The molecule has 5 rings (SSSR count). The minimum atomic E-state index is 0.140. The lowest BCUT2D eigenvalue weighted by Gasteiger charge is -2.27. The molecule has 1 unspecified atom stereocenters. The molecule has 0 radical (unpaired) electrons. The fourth-order valence-electron chi connectivity index (χ4n) is 5.61. The molecule has 0 N–H and O–H groups in total.